The molecule has 8 heteroatoms. The first-order chi connectivity index (χ1) is 14.5. The summed E-state index contributed by atoms with van der Waals surface area (Å²) in [4.78, 5) is 12.2. The largest absolute Gasteiger partial charge is 0.348 e. The predicted molar refractivity (Wildman–Crippen MR) is 141 cm³/mol. The summed E-state index contributed by atoms with van der Waals surface area (Å²) in [7, 11) is 0. The smallest absolute Gasteiger partial charge is 0.254 e. The highest BCUT2D eigenvalue weighted by Crippen LogP contribution is 2.17. The third-order valence-electron chi connectivity index (χ3n) is 4.80. The zero-order valence-corrected chi connectivity index (χ0v) is 23.1. The van der Waals surface area contributed by atoms with E-state index in [1.165, 1.54) is 11.1 Å². The lowest BCUT2D eigenvalue weighted by molar-refractivity contribution is 0.0950. The van der Waals surface area contributed by atoms with Crippen molar-refractivity contribution >= 4 is 50.2 Å². The van der Waals surface area contributed by atoms with E-state index in [-0.39, 0.29) is 23.9 Å². The van der Waals surface area contributed by atoms with E-state index in [2.05, 4.69) is 55.3 Å². The van der Waals surface area contributed by atoms with Gasteiger partial charge in [-0.25, -0.2) is 0 Å². The number of nitrogens with one attached hydrogen (secondary N) is 1. The van der Waals surface area contributed by atoms with Crippen LogP contribution in [-0.2, 0) is 18.6 Å². The number of aromatic nitrogens is 2. The number of benzene rings is 2. The molecule has 5 nitrogen and oxygen atoms in total. The molecule has 0 saturated heterocycles. The summed E-state index contributed by atoms with van der Waals surface area (Å²) in [6, 6.07) is 12.2. The van der Waals surface area contributed by atoms with Crippen molar-refractivity contribution in [3.05, 3.63) is 85.6 Å². The molecular weight excluding hydrogens is 556 g/mol. The molecule has 1 aromatic heterocycles. The van der Waals surface area contributed by atoms with Gasteiger partial charge in [0.2, 0.25) is 0 Å². The minimum Gasteiger partial charge on any atom is -0.348 e. The molecule has 0 aliphatic heterocycles. The van der Waals surface area contributed by atoms with Gasteiger partial charge in [-0.2, -0.15) is 5.10 Å². The number of aryl methyl sites for hydroxylation is 2. The van der Waals surface area contributed by atoms with E-state index in [1.54, 1.807) is 17.1 Å². The molecule has 174 valence electrons. The second kappa shape index (κ2) is 12.5. The van der Waals surface area contributed by atoms with Gasteiger partial charge in [-0.05, 0) is 81.1 Å². The molecule has 3 rings (SSSR count). The van der Waals surface area contributed by atoms with Gasteiger partial charge >= 0.3 is 0 Å². The molecule has 3 aromatic rings. The van der Waals surface area contributed by atoms with Crippen LogP contribution < -0.4 is 11.1 Å². The van der Waals surface area contributed by atoms with Crippen molar-refractivity contribution in [1.29, 1.82) is 0 Å². The maximum Gasteiger partial charge on any atom is 0.254 e. The van der Waals surface area contributed by atoms with Gasteiger partial charge in [0.05, 0.1) is 17.3 Å². The van der Waals surface area contributed by atoms with Crippen LogP contribution in [0.15, 0.2) is 57.7 Å². The van der Waals surface area contributed by atoms with E-state index in [0.717, 1.165) is 20.1 Å². The Morgan fingerprint density at radius 3 is 2.00 bits per heavy atom. The molecule has 32 heavy (non-hydrogen) atoms. The topological polar surface area (TPSA) is 72.9 Å². The average Bonchev–Trinajstić information content (AvgIpc) is 3.19. The second-order valence-corrected chi connectivity index (χ2v) is 10.2. The molecule has 0 radical (unpaired) electrons. The van der Waals surface area contributed by atoms with Crippen molar-refractivity contribution < 1.29 is 4.79 Å². The van der Waals surface area contributed by atoms with Crippen LogP contribution in [0.2, 0.25) is 0 Å². The van der Waals surface area contributed by atoms with Crippen LogP contribution in [0.1, 0.15) is 53.4 Å². The van der Waals surface area contributed by atoms with E-state index in [9.17, 15) is 4.79 Å². The van der Waals surface area contributed by atoms with Gasteiger partial charge in [-0.1, -0.05) is 44.0 Å². The number of carbonyl (C=O) groups excluding carboxylic acids is 1. The van der Waals surface area contributed by atoms with Crippen molar-refractivity contribution in [2.24, 2.45) is 5.73 Å². The van der Waals surface area contributed by atoms with Crippen LogP contribution in [-0.4, -0.2) is 15.7 Å². The van der Waals surface area contributed by atoms with Crippen LogP contribution in [0.25, 0.3) is 0 Å². The van der Waals surface area contributed by atoms with E-state index in [1.807, 2.05) is 58.0 Å². The summed E-state index contributed by atoms with van der Waals surface area (Å²) in [5.74, 6) is -0.104. The average molecular weight is 587 g/mol. The minimum atomic E-state index is -0.124. The predicted octanol–water partition coefficient (Wildman–Crippen LogP) is 6.28. The molecule has 1 heterocycles. The fourth-order valence-corrected chi connectivity index (χ4v) is 3.78. The van der Waals surface area contributed by atoms with Gasteiger partial charge < -0.3 is 11.1 Å². The number of hydrogen-bond donors (Lipinski definition) is 2. The molecule has 0 aliphatic rings. The van der Waals surface area contributed by atoms with Gasteiger partial charge in [0.15, 0.2) is 0 Å². The molecule has 0 spiro atoms. The van der Waals surface area contributed by atoms with E-state index >= 15 is 0 Å². The Morgan fingerprint density at radius 1 is 1.03 bits per heavy atom. The van der Waals surface area contributed by atoms with Gasteiger partial charge in [0.25, 0.3) is 5.91 Å². The van der Waals surface area contributed by atoms with Gasteiger partial charge in [0, 0.05) is 28.2 Å². The molecule has 1 amide bonds. The molecule has 0 aliphatic carbocycles. The highest BCUT2D eigenvalue weighted by atomic mass is 79.9. The summed E-state index contributed by atoms with van der Waals surface area (Å²) in [5.41, 5.74) is 10.7. The zero-order valence-electron chi connectivity index (χ0n) is 19.1. The standard InChI is InChI=1S/C16H20BrN3O.C8H10BrN.ClH/c1-11-7-14(17)6-5-12(11)8-18-15(21)13-9-19-20(10-13)16(2,3)4;1-6-4-8(9)3-2-7(6)5-10;/h5-7,9-10H,8H2,1-4H3,(H,18,21);2-4H,5,10H2,1H3;1H. The van der Waals surface area contributed by atoms with Crippen molar-refractivity contribution in [2.45, 2.75) is 53.2 Å². The maximum atomic E-state index is 12.2. The van der Waals surface area contributed by atoms with Crippen molar-refractivity contribution in [3.63, 3.8) is 0 Å². The molecule has 0 saturated carbocycles. The molecular formula is C24H31Br2ClN4O. The molecule has 2 aromatic carbocycles. The highest BCUT2D eigenvalue weighted by Gasteiger charge is 2.16. The van der Waals surface area contributed by atoms with Crippen molar-refractivity contribution in [2.75, 3.05) is 0 Å². The normalized spacial score (nSPS) is 10.6. The minimum absolute atomic E-state index is 0. The number of halogens is 3. The third kappa shape index (κ3) is 8.35. The van der Waals surface area contributed by atoms with E-state index in [4.69, 9.17) is 5.73 Å². The molecule has 0 bridgehead atoms. The van der Waals surface area contributed by atoms with Crippen LogP contribution >= 0.6 is 44.3 Å². The SMILES string of the molecule is Cc1cc(Br)ccc1CN.Cc1cc(Br)ccc1CNC(=O)c1cnn(C(C)(C)C)c1.Cl. The van der Waals surface area contributed by atoms with Crippen LogP contribution in [0.3, 0.4) is 0 Å². The van der Waals surface area contributed by atoms with Gasteiger partial charge in [0.1, 0.15) is 0 Å². The van der Waals surface area contributed by atoms with E-state index in [0.29, 0.717) is 18.7 Å². The first kappa shape index (κ1) is 28.4. The zero-order chi connectivity index (χ0) is 23.2. The lowest BCUT2D eigenvalue weighted by atomic mass is 10.1. The highest BCUT2D eigenvalue weighted by molar-refractivity contribution is 9.10. The van der Waals surface area contributed by atoms with Gasteiger partial charge in [-0.3, -0.25) is 9.48 Å². The number of rotatable bonds is 4. The lowest BCUT2D eigenvalue weighted by Crippen LogP contribution is -2.24. The quantitative estimate of drug-likeness (QED) is 0.378. The van der Waals surface area contributed by atoms with Crippen molar-refractivity contribution in [3.8, 4) is 0 Å². The third-order valence-corrected chi connectivity index (χ3v) is 5.79. The fraction of sp³-hybridized carbons (Fsp3) is 0.333. The fourth-order valence-electron chi connectivity index (χ4n) is 2.83. The van der Waals surface area contributed by atoms with Gasteiger partial charge in [-0.15, -0.1) is 12.4 Å². The van der Waals surface area contributed by atoms with Crippen LogP contribution in [0, 0.1) is 13.8 Å². The molecule has 0 atom stereocenters. The second-order valence-electron chi connectivity index (χ2n) is 8.37. The van der Waals surface area contributed by atoms with Crippen molar-refractivity contribution in [1.82, 2.24) is 15.1 Å². The number of hydrogen-bond acceptors (Lipinski definition) is 3. The number of nitrogens with zero attached hydrogens (tertiary/aromatic N) is 2. The lowest BCUT2D eigenvalue weighted by Gasteiger charge is -2.18. The first-order valence-corrected chi connectivity index (χ1v) is 11.6. The monoisotopic (exact) mass is 584 g/mol. The van der Waals surface area contributed by atoms with E-state index < -0.39 is 0 Å². The molecule has 0 fully saturated rings. The summed E-state index contributed by atoms with van der Waals surface area (Å²) in [6.07, 6.45) is 3.39. The first-order valence-electron chi connectivity index (χ1n) is 10.0. The van der Waals surface area contributed by atoms with Crippen LogP contribution in [0.4, 0.5) is 0 Å². The Hall–Kier alpha value is -1.67. The summed E-state index contributed by atoms with van der Waals surface area (Å²) >= 11 is 6.82. The Balaban J connectivity index is 0.000000393. The summed E-state index contributed by atoms with van der Waals surface area (Å²) in [5, 5.41) is 7.18. The Labute approximate surface area is 213 Å². The Bertz CT molecular complexity index is 1040. The molecule has 0 unspecified atom stereocenters. The Kier molecular flexibility index (Phi) is 11.1. The maximum absolute atomic E-state index is 12.2. The summed E-state index contributed by atoms with van der Waals surface area (Å²) < 4.78 is 3.95. The molecule has 3 N–H and O–H groups in total. The Morgan fingerprint density at radius 2 is 1.56 bits per heavy atom. The number of nitrogens with two attached hydrogens (primary N) is 1. The summed E-state index contributed by atoms with van der Waals surface area (Å²) in [6.45, 7) is 11.4. The van der Waals surface area contributed by atoms with Crippen LogP contribution in [0.5, 0.6) is 0 Å². The number of carbonyl (C=O) groups is 1. The number of amides is 1.